The van der Waals surface area contributed by atoms with Gasteiger partial charge in [-0.15, -0.1) is 0 Å². The molecule has 0 spiro atoms. The molecule has 20 heavy (non-hydrogen) atoms. The molecule has 0 unspecified atom stereocenters. The Kier molecular flexibility index (Phi) is 6.42. The van der Waals surface area contributed by atoms with Gasteiger partial charge in [0.1, 0.15) is 0 Å². The molecule has 1 rings (SSSR count). The maximum Gasteiger partial charge on any atom is 0.241 e. The molecular formula is C14H21BrFN3O. The van der Waals surface area contributed by atoms with Crippen molar-refractivity contribution in [3.8, 4) is 0 Å². The molecule has 0 heterocycles. The molecule has 0 atom stereocenters. The molecule has 0 aliphatic heterocycles. The number of nitrogens with two attached hydrogens (primary N) is 1. The van der Waals surface area contributed by atoms with Gasteiger partial charge < -0.3 is 15.5 Å². The Bertz CT molecular complexity index is 480. The Morgan fingerprint density at radius 1 is 1.40 bits per heavy atom. The van der Waals surface area contributed by atoms with Crippen LogP contribution in [-0.4, -0.2) is 38.0 Å². The molecule has 6 heteroatoms. The van der Waals surface area contributed by atoms with Crippen LogP contribution in [0.2, 0.25) is 0 Å². The van der Waals surface area contributed by atoms with Gasteiger partial charge in [-0.25, -0.2) is 4.39 Å². The minimum Gasteiger partial charge on any atom is -0.360 e. The number of anilines is 1. The summed E-state index contributed by atoms with van der Waals surface area (Å²) < 4.78 is 14.8. The maximum atomic E-state index is 14.4. The Labute approximate surface area is 127 Å². The van der Waals surface area contributed by atoms with Crippen molar-refractivity contribution in [1.29, 1.82) is 0 Å². The number of likely N-dealkylation sites (N-methyl/N-ethyl adjacent to an activating group) is 1. The molecule has 0 aliphatic carbocycles. The summed E-state index contributed by atoms with van der Waals surface area (Å²) in [6, 6.07) is 3.46. The molecule has 112 valence electrons. The average Bonchev–Trinajstić information content (AvgIpc) is 2.41. The molecule has 0 saturated heterocycles. The molecule has 0 saturated carbocycles. The van der Waals surface area contributed by atoms with Crippen LogP contribution in [0, 0.1) is 5.82 Å². The second-order valence-electron chi connectivity index (χ2n) is 4.79. The van der Waals surface area contributed by atoms with Gasteiger partial charge in [0.25, 0.3) is 0 Å². The normalized spacial score (nSPS) is 10.5. The van der Waals surface area contributed by atoms with Crippen molar-refractivity contribution in [2.75, 3.05) is 32.1 Å². The van der Waals surface area contributed by atoms with Gasteiger partial charge in [-0.2, -0.15) is 0 Å². The van der Waals surface area contributed by atoms with Crippen LogP contribution in [-0.2, 0) is 11.3 Å². The first kappa shape index (κ1) is 16.9. The van der Waals surface area contributed by atoms with Crippen LogP contribution in [0.4, 0.5) is 10.1 Å². The topological polar surface area (TPSA) is 49.6 Å². The van der Waals surface area contributed by atoms with E-state index in [9.17, 15) is 9.18 Å². The number of benzene rings is 1. The number of carbonyl (C=O) groups excluding carboxylic acids is 1. The van der Waals surface area contributed by atoms with Crippen LogP contribution in [0.1, 0.15) is 18.9 Å². The van der Waals surface area contributed by atoms with E-state index in [1.54, 1.807) is 31.1 Å². The van der Waals surface area contributed by atoms with Gasteiger partial charge in [-0.1, -0.05) is 13.0 Å². The lowest BCUT2D eigenvalue weighted by molar-refractivity contribution is -0.127. The highest BCUT2D eigenvalue weighted by atomic mass is 79.9. The fourth-order valence-corrected chi connectivity index (χ4v) is 2.34. The van der Waals surface area contributed by atoms with Gasteiger partial charge in [0.2, 0.25) is 5.91 Å². The van der Waals surface area contributed by atoms with Gasteiger partial charge >= 0.3 is 0 Å². The number of hydrogen-bond acceptors (Lipinski definition) is 3. The molecule has 0 aromatic heterocycles. The molecule has 1 aromatic rings. The lowest BCUT2D eigenvalue weighted by atomic mass is 10.1. The molecule has 0 bridgehead atoms. The lowest BCUT2D eigenvalue weighted by Gasteiger charge is -2.26. The molecule has 4 nitrogen and oxygen atoms in total. The number of nitrogens with zero attached hydrogens (tertiary/aromatic N) is 2. The maximum absolute atomic E-state index is 14.4. The van der Waals surface area contributed by atoms with Crippen molar-refractivity contribution in [3.05, 3.63) is 28.0 Å². The fraction of sp³-hybridized carbons (Fsp3) is 0.500. The van der Waals surface area contributed by atoms with Crippen molar-refractivity contribution in [2.45, 2.75) is 19.9 Å². The fourth-order valence-electron chi connectivity index (χ4n) is 1.84. The highest BCUT2D eigenvalue weighted by molar-refractivity contribution is 9.10. The van der Waals surface area contributed by atoms with Crippen LogP contribution >= 0.6 is 15.9 Å². The standard InChI is InChI=1S/C14H21BrFN3O/c1-4-7-19(9-12(20)18(2)3)11-6-5-10(8-17)13(15)14(11)16/h5-6H,4,7-9,17H2,1-3H3. The van der Waals surface area contributed by atoms with Crippen LogP contribution in [0.5, 0.6) is 0 Å². The smallest absolute Gasteiger partial charge is 0.241 e. The first-order valence-corrected chi connectivity index (χ1v) is 7.33. The van der Waals surface area contributed by atoms with Crippen LogP contribution in [0.15, 0.2) is 16.6 Å². The molecule has 1 amide bonds. The summed E-state index contributed by atoms with van der Waals surface area (Å²) in [4.78, 5) is 15.1. The van der Waals surface area contributed by atoms with Crippen molar-refractivity contribution in [3.63, 3.8) is 0 Å². The zero-order valence-corrected chi connectivity index (χ0v) is 13.7. The van der Waals surface area contributed by atoms with E-state index in [1.807, 2.05) is 6.92 Å². The summed E-state index contributed by atoms with van der Waals surface area (Å²) in [5, 5.41) is 0. The molecule has 2 N–H and O–H groups in total. The zero-order valence-electron chi connectivity index (χ0n) is 12.1. The van der Waals surface area contributed by atoms with Crippen molar-refractivity contribution >= 4 is 27.5 Å². The Hall–Kier alpha value is -1.14. The molecule has 0 aliphatic rings. The Morgan fingerprint density at radius 3 is 2.55 bits per heavy atom. The van der Waals surface area contributed by atoms with Gasteiger partial charge in [-0.3, -0.25) is 4.79 Å². The number of amides is 1. The Morgan fingerprint density at radius 2 is 2.05 bits per heavy atom. The van der Waals surface area contributed by atoms with Crippen LogP contribution < -0.4 is 10.6 Å². The van der Waals surface area contributed by atoms with Crippen molar-refractivity contribution < 1.29 is 9.18 Å². The van der Waals surface area contributed by atoms with E-state index in [0.717, 1.165) is 6.42 Å². The summed E-state index contributed by atoms with van der Waals surface area (Å²) >= 11 is 3.23. The number of carbonyl (C=O) groups is 1. The molecular weight excluding hydrogens is 325 g/mol. The van der Waals surface area contributed by atoms with Crippen molar-refractivity contribution in [1.82, 2.24) is 4.90 Å². The van der Waals surface area contributed by atoms with E-state index >= 15 is 0 Å². The van der Waals surface area contributed by atoms with E-state index in [0.29, 0.717) is 22.3 Å². The van der Waals surface area contributed by atoms with Crippen LogP contribution in [0.25, 0.3) is 0 Å². The third-order valence-corrected chi connectivity index (χ3v) is 3.88. The highest BCUT2D eigenvalue weighted by Crippen LogP contribution is 2.29. The van der Waals surface area contributed by atoms with Gasteiger partial charge in [0.15, 0.2) is 5.82 Å². The average molecular weight is 346 g/mol. The summed E-state index contributed by atoms with van der Waals surface area (Å²) in [6.45, 7) is 3.04. The third kappa shape index (κ3) is 3.93. The second-order valence-corrected chi connectivity index (χ2v) is 5.58. The summed E-state index contributed by atoms with van der Waals surface area (Å²) in [7, 11) is 3.38. The van der Waals surface area contributed by atoms with Crippen molar-refractivity contribution in [2.24, 2.45) is 5.73 Å². The first-order chi connectivity index (χ1) is 9.42. The van der Waals surface area contributed by atoms with Gasteiger partial charge in [0.05, 0.1) is 16.7 Å². The van der Waals surface area contributed by atoms with Gasteiger partial charge in [-0.05, 0) is 34.0 Å². The van der Waals surface area contributed by atoms with E-state index in [1.165, 1.54) is 4.90 Å². The van der Waals surface area contributed by atoms with Gasteiger partial charge in [0, 0.05) is 27.2 Å². The largest absolute Gasteiger partial charge is 0.360 e. The SMILES string of the molecule is CCCN(CC(=O)N(C)C)c1ccc(CN)c(Br)c1F. The minimum absolute atomic E-state index is 0.0585. The summed E-state index contributed by atoms with van der Waals surface area (Å²) in [5.41, 5.74) is 6.69. The zero-order chi connectivity index (χ0) is 15.3. The monoisotopic (exact) mass is 345 g/mol. The van der Waals surface area contributed by atoms with E-state index < -0.39 is 0 Å². The summed E-state index contributed by atoms with van der Waals surface area (Å²) in [5.74, 6) is -0.426. The first-order valence-electron chi connectivity index (χ1n) is 6.54. The quantitative estimate of drug-likeness (QED) is 0.860. The number of hydrogen-bond donors (Lipinski definition) is 1. The predicted octanol–water partition coefficient (Wildman–Crippen LogP) is 2.35. The predicted molar refractivity (Wildman–Crippen MR) is 83.2 cm³/mol. The highest BCUT2D eigenvalue weighted by Gasteiger charge is 2.18. The number of halogens is 2. The van der Waals surface area contributed by atoms with Crippen LogP contribution in [0.3, 0.4) is 0 Å². The number of rotatable bonds is 6. The lowest BCUT2D eigenvalue weighted by Crippen LogP contribution is -2.37. The molecule has 0 fully saturated rings. The summed E-state index contributed by atoms with van der Waals surface area (Å²) in [6.07, 6.45) is 0.830. The van der Waals surface area contributed by atoms with E-state index in [-0.39, 0.29) is 24.8 Å². The molecule has 1 aromatic carbocycles. The second kappa shape index (κ2) is 7.59. The molecule has 0 radical (unpaired) electrons. The Balaban J connectivity index is 3.09. The van der Waals surface area contributed by atoms with E-state index in [2.05, 4.69) is 15.9 Å². The van der Waals surface area contributed by atoms with E-state index in [4.69, 9.17) is 5.73 Å². The minimum atomic E-state index is -0.368. The third-order valence-electron chi connectivity index (χ3n) is 3.02.